The molecule has 1 unspecified atom stereocenters. The van der Waals surface area contributed by atoms with E-state index < -0.39 is 0 Å². The fourth-order valence-corrected chi connectivity index (χ4v) is 5.10. The van der Waals surface area contributed by atoms with E-state index in [2.05, 4.69) is 12.2 Å². The Hall–Kier alpha value is -0.730. The van der Waals surface area contributed by atoms with Gasteiger partial charge in [-0.2, -0.15) is 0 Å². The highest BCUT2D eigenvalue weighted by atomic mass is 16.5. The number of ether oxygens (including phenoxy) is 1. The molecule has 0 heterocycles. The third kappa shape index (κ3) is 1.84. The maximum atomic E-state index is 11.4. The van der Waals surface area contributed by atoms with Crippen LogP contribution >= 0.6 is 0 Å². The van der Waals surface area contributed by atoms with Crippen LogP contribution in [0.4, 0.5) is 4.79 Å². The summed E-state index contributed by atoms with van der Waals surface area (Å²) in [6, 6.07) is 0.267. The molecule has 4 rings (SSSR count). The number of carbonyl (C=O) groups is 1. The van der Waals surface area contributed by atoms with Crippen LogP contribution in [0.5, 0.6) is 0 Å². The minimum Gasteiger partial charge on any atom is -0.453 e. The van der Waals surface area contributed by atoms with Crippen LogP contribution in [0.1, 0.15) is 45.4 Å². The summed E-state index contributed by atoms with van der Waals surface area (Å²) in [6.07, 6.45) is 8.05. The Morgan fingerprint density at radius 1 is 1.18 bits per heavy atom. The van der Waals surface area contributed by atoms with Gasteiger partial charge in [0, 0.05) is 6.04 Å². The molecule has 0 aliphatic heterocycles. The van der Waals surface area contributed by atoms with Gasteiger partial charge in [0.2, 0.25) is 0 Å². The Morgan fingerprint density at radius 2 is 1.65 bits per heavy atom. The van der Waals surface area contributed by atoms with Gasteiger partial charge in [-0.15, -0.1) is 0 Å². The molecule has 96 valence electrons. The van der Waals surface area contributed by atoms with Crippen LogP contribution in [0.15, 0.2) is 0 Å². The van der Waals surface area contributed by atoms with Crippen molar-refractivity contribution in [3.05, 3.63) is 0 Å². The van der Waals surface area contributed by atoms with Gasteiger partial charge in [-0.1, -0.05) is 0 Å². The standard InChI is InChI=1S/C14H23NO2/c1-9(15-13(16)17-2)14-6-10-3-11(7-14)5-12(4-10)8-14/h9-12H,3-8H2,1-2H3,(H,15,16). The monoisotopic (exact) mass is 237 g/mol. The van der Waals surface area contributed by atoms with Gasteiger partial charge < -0.3 is 10.1 Å². The molecule has 0 aromatic carbocycles. The average molecular weight is 237 g/mol. The van der Waals surface area contributed by atoms with Crippen molar-refractivity contribution in [2.24, 2.45) is 23.2 Å². The highest BCUT2D eigenvalue weighted by Gasteiger charge is 2.53. The van der Waals surface area contributed by atoms with Gasteiger partial charge in [0.05, 0.1) is 7.11 Å². The number of hydrogen-bond acceptors (Lipinski definition) is 2. The first-order valence-corrected chi connectivity index (χ1v) is 6.96. The van der Waals surface area contributed by atoms with Crippen molar-refractivity contribution in [1.82, 2.24) is 5.32 Å². The number of rotatable bonds is 2. The van der Waals surface area contributed by atoms with Gasteiger partial charge in [-0.3, -0.25) is 0 Å². The molecule has 0 spiro atoms. The molecule has 4 bridgehead atoms. The number of methoxy groups -OCH3 is 1. The van der Waals surface area contributed by atoms with Gasteiger partial charge in [0.1, 0.15) is 0 Å². The summed E-state index contributed by atoms with van der Waals surface area (Å²) in [5.41, 5.74) is 0.378. The van der Waals surface area contributed by atoms with Crippen molar-refractivity contribution < 1.29 is 9.53 Å². The Kier molecular flexibility index (Phi) is 2.60. The molecule has 0 aromatic heterocycles. The second-order valence-corrected chi connectivity index (χ2v) is 6.64. The lowest BCUT2D eigenvalue weighted by Crippen LogP contribution is -2.55. The van der Waals surface area contributed by atoms with Crippen molar-refractivity contribution in [2.75, 3.05) is 7.11 Å². The molecule has 4 saturated carbocycles. The van der Waals surface area contributed by atoms with E-state index in [-0.39, 0.29) is 12.1 Å². The molecule has 3 nitrogen and oxygen atoms in total. The van der Waals surface area contributed by atoms with Gasteiger partial charge in [-0.25, -0.2) is 4.79 Å². The number of carbonyl (C=O) groups excluding carboxylic acids is 1. The zero-order valence-electron chi connectivity index (χ0n) is 10.9. The average Bonchev–Trinajstić information content (AvgIpc) is 2.26. The highest BCUT2D eigenvalue weighted by Crippen LogP contribution is 2.61. The summed E-state index contributed by atoms with van der Waals surface area (Å²) >= 11 is 0. The molecule has 17 heavy (non-hydrogen) atoms. The van der Waals surface area contributed by atoms with Crippen molar-refractivity contribution in [2.45, 2.75) is 51.5 Å². The third-order valence-electron chi connectivity index (χ3n) is 5.52. The van der Waals surface area contributed by atoms with E-state index >= 15 is 0 Å². The van der Waals surface area contributed by atoms with E-state index in [0.29, 0.717) is 5.41 Å². The first kappa shape index (κ1) is 11.4. The van der Waals surface area contributed by atoms with Gasteiger partial charge in [0.25, 0.3) is 0 Å². The lowest BCUT2D eigenvalue weighted by Gasteiger charge is -2.58. The van der Waals surface area contributed by atoms with E-state index in [1.807, 2.05) is 0 Å². The summed E-state index contributed by atoms with van der Waals surface area (Å²) in [5, 5.41) is 3.03. The van der Waals surface area contributed by atoms with E-state index in [4.69, 9.17) is 4.74 Å². The van der Waals surface area contributed by atoms with Crippen molar-refractivity contribution in [1.29, 1.82) is 0 Å². The Labute approximate surface area is 103 Å². The molecule has 4 aliphatic carbocycles. The Morgan fingerprint density at radius 3 is 2.06 bits per heavy atom. The number of amides is 1. The van der Waals surface area contributed by atoms with Crippen LogP contribution in [0, 0.1) is 23.2 Å². The molecule has 4 aliphatic rings. The SMILES string of the molecule is COC(=O)NC(C)C12CC3CC(CC(C3)C1)C2. The van der Waals surface area contributed by atoms with Crippen molar-refractivity contribution in [3.8, 4) is 0 Å². The number of hydrogen-bond donors (Lipinski definition) is 1. The number of alkyl carbamates (subject to hydrolysis) is 1. The lowest BCUT2D eigenvalue weighted by molar-refractivity contribution is -0.0693. The minimum absolute atomic E-state index is 0.267. The van der Waals surface area contributed by atoms with Crippen molar-refractivity contribution >= 4 is 6.09 Å². The van der Waals surface area contributed by atoms with Crippen LogP contribution in [-0.2, 0) is 4.74 Å². The zero-order valence-corrected chi connectivity index (χ0v) is 10.9. The normalized spacial score (nSPS) is 44.5. The Bertz CT molecular complexity index is 291. The summed E-state index contributed by atoms with van der Waals surface area (Å²) in [7, 11) is 1.45. The molecule has 0 radical (unpaired) electrons. The molecule has 1 N–H and O–H groups in total. The zero-order chi connectivity index (χ0) is 12.0. The van der Waals surface area contributed by atoms with E-state index in [9.17, 15) is 4.79 Å². The quantitative estimate of drug-likeness (QED) is 0.802. The topological polar surface area (TPSA) is 38.3 Å². The molecular weight excluding hydrogens is 214 g/mol. The lowest BCUT2D eigenvalue weighted by atomic mass is 9.48. The fraction of sp³-hybridized carbons (Fsp3) is 0.929. The van der Waals surface area contributed by atoms with Crippen LogP contribution in [0.3, 0.4) is 0 Å². The number of nitrogens with one attached hydrogen (secondary N) is 1. The summed E-state index contributed by atoms with van der Waals surface area (Å²) in [4.78, 5) is 11.4. The second kappa shape index (κ2) is 3.89. The molecular formula is C14H23NO2. The fourth-order valence-electron chi connectivity index (χ4n) is 5.10. The van der Waals surface area contributed by atoms with E-state index in [0.717, 1.165) is 17.8 Å². The molecule has 1 amide bonds. The molecule has 0 saturated heterocycles. The summed E-state index contributed by atoms with van der Waals surface area (Å²) < 4.78 is 4.73. The smallest absolute Gasteiger partial charge is 0.407 e. The maximum absolute atomic E-state index is 11.4. The van der Waals surface area contributed by atoms with Crippen LogP contribution in [0.2, 0.25) is 0 Å². The first-order chi connectivity index (χ1) is 8.11. The summed E-state index contributed by atoms with van der Waals surface area (Å²) in [6.45, 7) is 2.17. The summed E-state index contributed by atoms with van der Waals surface area (Å²) in [5.74, 6) is 2.80. The minimum atomic E-state index is -0.270. The van der Waals surface area contributed by atoms with E-state index in [1.54, 1.807) is 0 Å². The molecule has 1 atom stereocenters. The second-order valence-electron chi connectivity index (χ2n) is 6.64. The van der Waals surface area contributed by atoms with Gasteiger partial charge in [-0.05, 0) is 68.6 Å². The van der Waals surface area contributed by atoms with Gasteiger partial charge in [0.15, 0.2) is 0 Å². The van der Waals surface area contributed by atoms with Crippen LogP contribution in [0.25, 0.3) is 0 Å². The highest BCUT2D eigenvalue weighted by molar-refractivity contribution is 5.67. The third-order valence-corrected chi connectivity index (χ3v) is 5.52. The van der Waals surface area contributed by atoms with Crippen LogP contribution < -0.4 is 5.32 Å². The molecule has 4 fully saturated rings. The Balaban J connectivity index is 1.75. The van der Waals surface area contributed by atoms with Crippen molar-refractivity contribution in [3.63, 3.8) is 0 Å². The molecule has 3 heteroatoms. The molecule has 0 aromatic rings. The first-order valence-electron chi connectivity index (χ1n) is 6.96. The predicted octanol–water partition coefficient (Wildman–Crippen LogP) is 2.95. The maximum Gasteiger partial charge on any atom is 0.407 e. The predicted molar refractivity (Wildman–Crippen MR) is 65.6 cm³/mol. The largest absolute Gasteiger partial charge is 0.453 e. The van der Waals surface area contributed by atoms with E-state index in [1.165, 1.54) is 45.6 Å². The van der Waals surface area contributed by atoms with Crippen LogP contribution in [-0.4, -0.2) is 19.2 Å². The van der Waals surface area contributed by atoms with Gasteiger partial charge >= 0.3 is 6.09 Å².